The Morgan fingerprint density at radius 1 is 1.11 bits per heavy atom. The SMILES string of the molecule is CSCCC(NC(=O)c1ccc(Cl)cc1Cl)C(=O)NCCc1ccccc1. The number of carbonyl (C=O) groups is 2. The minimum atomic E-state index is -0.618. The topological polar surface area (TPSA) is 58.2 Å². The third-order valence-electron chi connectivity index (χ3n) is 3.96. The highest BCUT2D eigenvalue weighted by molar-refractivity contribution is 7.98. The van der Waals surface area contributed by atoms with E-state index in [4.69, 9.17) is 23.2 Å². The van der Waals surface area contributed by atoms with E-state index in [-0.39, 0.29) is 16.8 Å². The molecule has 0 radical (unpaired) electrons. The van der Waals surface area contributed by atoms with Crippen molar-refractivity contribution in [2.24, 2.45) is 0 Å². The molecule has 1 atom stereocenters. The molecule has 0 aromatic heterocycles. The number of hydrogen-bond acceptors (Lipinski definition) is 3. The Labute approximate surface area is 174 Å². The van der Waals surface area contributed by atoms with Crippen LogP contribution in [-0.4, -0.2) is 36.4 Å². The van der Waals surface area contributed by atoms with Crippen molar-refractivity contribution in [2.75, 3.05) is 18.6 Å². The molecule has 0 spiro atoms. The summed E-state index contributed by atoms with van der Waals surface area (Å²) in [5.41, 5.74) is 1.45. The molecule has 7 heteroatoms. The molecule has 0 saturated carbocycles. The van der Waals surface area contributed by atoms with E-state index in [1.54, 1.807) is 23.9 Å². The standard InChI is InChI=1S/C20H22Cl2N2O2S/c1-27-12-10-18(20(26)23-11-9-14-5-3-2-4-6-14)24-19(25)16-8-7-15(21)13-17(16)22/h2-8,13,18H,9-12H2,1H3,(H,23,26)(H,24,25). The van der Waals surface area contributed by atoms with Gasteiger partial charge < -0.3 is 10.6 Å². The molecule has 0 aliphatic heterocycles. The van der Waals surface area contributed by atoms with Gasteiger partial charge in [-0.05, 0) is 48.6 Å². The molecule has 0 aliphatic carbocycles. The summed E-state index contributed by atoms with van der Waals surface area (Å²) in [7, 11) is 0. The number of nitrogens with one attached hydrogen (secondary N) is 2. The zero-order valence-corrected chi connectivity index (χ0v) is 17.3. The molecule has 1 unspecified atom stereocenters. The normalized spacial score (nSPS) is 11.7. The molecule has 0 bridgehead atoms. The zero-order valence-electron chi connectivity index (χ0n) is 15.0. The minimum absolute atomic E-state index is 0.196. The first-order valence-corrected chi connectivity index (χ1v) is 10.7. The Balaban J connectivity index is 1.96. The Bertz CT molecular complexity index is 772. The number of thioether (sulfide) groups is 1. The zero-order chi connectivity index (χ0) is 19.6. The van der Waals surface area contributed by atoms with E-state index in [1.165, 1.54) is 6.07 Å². The number of rotatable bonds is 9. The summed E-state index contributed by atoms with van der Waals surface area (Å²) >= 11 is 13.6. The van der Waals surface area contributed by atoms with Crippen LogP contribution < -0.4 is 10.6 Å². The first-order valence-electron chi connectivity index (χ1n) is 8.57. The van der Waals surface area contributed by atoms with Crippen molar-refractivity contribution in [3.63, 3.8) is 0 Å². The van der Waals surface area contributed by atoms with Crippen molar-refractivity contribution in [3.8, 4) is 0 Å². The number of carbonyl (C=O) groups excluding carboxylic acids is 2. The van der Waals surface area contributed by atoms with Gasteiger partial charge in [0.2, 0.25) is 5.91 Å². The van der Waals surface area contributed by atoms with Gasteiger partial charge in [0.1, 0.15) is 6.04 Å². The summed E-state index contributed by atoms with van der Waals surface area (Å²) in [4.78, 5) is 25.1. The van der Waals surface area contributed by atoms with Crippen molar-refractivity contribution >= 4 is 46.8 Å². The second-order valence-corrected chi connectivity index (χ2v) is 7.79. The van der Waals surface area contributed by atoms with Gasteiger partial charge >= 0.3 is 0 Å². The van der Waals surface area contributed by atoms with Crippen LogP contribution in [0.4, 0.5) is 0 Å². The van der Waals surface area contributed by atoms with E-state index in [1.807, 2.05) is 36.6 Å². The van der Waals surface area contributed by atoms with Crippen LogP contribution in [0, 0.1) is 0 Å². The van der Waals surface area contributed by atoms with Gasteiger partial charge in [0.15, 0.2) is 0 Å². The molecule has 2 N–H and O–H groups in total. The average Bonchev–Trinajstić information content (AvgIpc) is 2.65. The Morgan fingerprint density at radius 2 is 1.85 bits per heavy atom. The lowest BCUT2D eigenvalue weighted by atomic mass is 10.1. The lowest BCUT2D eigenvalue weighted by Crippen LogP contribution is -2.47. The van der Waals surface area contributed by atoms with E-state index < -0.39 is 6.04 Å². The summed E-state index contributed by atoms with van der Waals surface area (Å²) in [6.07, 6.45) is 3.23. The van der Waals surface area contributed by atoms with Crippen LogP contribution in [0.3, 0.4) is 0 Å². The van der Waals surface area contributed by atoms with Crippen LogP contribution in [0.25, 0.3) is 0 Å². The molecule has 0 saturated heterocycles. The van der Waals surface area contributed by atoms with Crippen LogP contribution in [0.2, 0.25) is 10.0 Å². The summed E-state index contributed by atoms with van der Waals surface area (Å²) in [6, 6.07) is 14.0. The smallest absolute Gasteiger partial charge is 0.253 e. The van der Waals surface area contributed by atoms with Crippen LogP contribution in [0.15, 0.2) is 48.5 Å². The minimum Gasteiger partial charge on any atom is -0.354 e. The molecular formula is C20H22Cl2N2O2S. The van der Waals surface area contributed by atoms with Crippen LogP contribution in [0.1, 0.15) is 22.3 Å². The van der Waals surface area contributed by atoms with Gasteiger partial charge in [-0.2, -0.15) is 11.8 Å². The van der Waals surface area contributed by atoms with Crippen molar-refractivity contribution in [3.05, 3.63) is 69.7 Å². The van der Waals surface area contributed by atoms with E-state index in [2.05, 4.69) is 10.6 Å². The molecule has 2 aromatic rings. The van der Waals surface area contributed by atoms with Gasteiger partial charge in [-0.1, -0.05) is 53.5 Å². The molecule has 0 fully saturated rings. The maximum atomic E-state index is 12.6. The summed E-state index contributed by atoms with van der Waals surface area (Å²) in [5, 5.41) is 6.40. The molecular weight excluding hydrogens is 403 g/mol. The van der Waals surface area contributed by atoms with E-state index in [9.17, 15) is 9.59 Å². The van der Waals surface area contributed by atoms with E-state index in [0.717, 1.165) is 17.7 Å². The fraction of sp³-hybridized carbons (Fsp3) is 0.300. The molecule has 2 amide bonds. The van der Waals surface area contributed by atoms with Crippen molar-refractivity contribution in [2.45, 2.75) is 18.9 Å². The summed E-state index contributed by atoms with van der Waals surface area (Å²) < 4.78 is 0. The lowest BCUT2D eigenvalue weighted by Gasteiger charge is -2.18. The van der Waals surface area contributed by atoms with E-state index >= 15 is 0 Å². The van der Waals surface area contributed by atoms with Crippen LogP contribution >= 0.6 is 35.0 Å². The largest absolute Gasteiger partial charge is 0.354 e. The van der Waals surface area contributed by atoms with Crippen molar-refractivity contribution in [1.82, 2.24) is 10.6 Å². The summed E-state index contributed by atoms with van der Waals surface area (Å²) in [5.74, 6) is 0.171. The number of amides is 2. The Hall–Kier alpha value is -1.69. The van der Waals surface area contributed by atoms with E-state index in [0.29, 0.717) is 23.6 Å². The van der Waals surface area contributed by atoms with Gasteiger partial charge in [-0.25, -0.2) is 0 Å². The Kier molecular flexibility index (Phi) is 8.98. The lowest BCUT2D eigenvalue weighted by molar-refractivity contribution is -0.122. The fourth-order valence-electron chi connectivity index (χ4n) is 2.51. The number of hydrogen-bond donors (Lipinski definition) is 2. The highest BCUT2D eigenvalue weighted by atomic mass is 35.5. The maximum Gasteiger partial charge on any atom is 0.253 e. The maximum absolute atomic E-state index is 12.6. The molecule has 27 heavy (non-hydrogen) atoms. The van der Waals surface area contributed by atoms with Gasteiger partial charge in [0, 0.05) is 11.6 Å². The van der Waals surface area contributed by atoms with Gasteiger partial charge in [-0.15, -0.1) is 0 Å². The molecule has 0 aliphatic rings. The quantitative estimate of drug-likeness (QED) is 0.633. The first-order chi connectivity index (χ1) is 13.0. The van der Waals surface area contributed by atoms with Crippen molar-refractivity contribution in [1.29, 1.82) is 0 Å². The number of benzene rings is 2. The highest BCUT2D eigenvalue weighted by Crippen LogP contribution is 2.21. The summed E-state index contributed by atoms with van der Waals surface area (Å²) in [6.45, 7) is 0.510. The highest BCUT2D eigenvalue weighted by Gasteiger charge is 2.22. The second kappa shape index (κ2) is 11.2. The average molecular weight is 425 g/mol. The fourth-order valence-corrected chi connectivity index (χ4v) is 3.48. The first kappa shape index (κ1) is 21.6. The molecule has 2 rings (SSSR count). The molecule has 2 aromatic carbocycles. The molecule has 144 valence electrons. The van der Waals surface area contributed by atoms with Gasteiger partial charge in [0.05, 0.1) is 10.6 Å². The van der Waals surface area contributed by atoms with Gasteiger partial charge in [-0.3, -0.25) is 9.59 Å². The predicted octanol–water partition coefficient (Wildman–Crippen LogP) is 4.20. The van der Waals surface area contributed by atoms with Crippen LogP contribution in [-0.2, 0) is 11.2 Å². The number of halogens is 2. The molecule has 4 nitrogen and oxygen atoms in total. The third-order valence-corrected chi connectivity index (χ3v) is 5.16. The van der Waals surface area contributed by atoms with Crippen LogP contribution in [0.5, 0.6) is 0 Å². The molecule has 0 heterocycles. The monoisotopic (exact) mass is 424 g/mol. The van der Waals surface area contributed by atoms with Gasteiger partial charge in [0.25, 0.3) is 5.91 Å². The Morgan fingerprint density at radius 3 is 2.52 bits per heavy atom. The second-order valence-electron chi connectivity index (χ2n) is 5.96. The third kappa shape index (κ3) is 7.09. The van der Waals surface area contributed by atoms with Crippen molar-refractivity contribution < 1.29 is 9.59 Å². The predicted molar refractivity (Wildman–Crippen MR) is 114 cm³/mol.